The minimum absolute atomic E-state index is 0.105. The molecule has 0 fully saturated rings. The van der Waals surface area contributed by atoms with E-state index in [-0.39, 0.29) is 17.5 Å². The largest absolute Gasteiger partial charge is 0.333 e. The SMILES string of the molecule is CCCCN(C(=O)CCC)C(CC)c1nc2ccccc2c(=O)n1-c1ccc(Cl)cc1. The van der Waals surface area contributed by atoms with Gasteiger partial charge in [-0.15, -0.1) is 0 Å². The molecule has 1 unspecified atom stereocenters. The van der Waals surface area contributed by atoms with Crippen molar-refractivity contribution < 1.29 is 4.79 Å². The molecule has 31 heavy (non-hydrogen) atoms. The summed E-state index contributed by atoms with van der Waals surface area (Å²) in [5, 5.41) is 1.15. The average Bonchev–Trinajstić information content (AvgIpc) is 2.77. The minimum atomic E-state index is -0.293. The van der Waals surface area contributed by atoms with Crippen LogP contribution in [0.25, 0.3) is 16.6 Å². The summed E-state index contributed by atoms with van der Waals surface area (Å²) in [5.41, 5.74) is 1.20. The Kier molecular flexibility index (Phi) is 7.85. The first kappa shape index (κ1) is 23.0. The molecule has 1 amide bonds. The van der Waals surface area contributed by atoms with Gasteiger partial charge in [0.2, 0.25) is 5.91 Å². The van der Waals surface area contributed by atoms with Gasteiger partial charge >= 0.3 is 0 Å². The Morgan fingerprint density at radius 3 is 2.42 bits per heavy atom. The van der Waals surface area contributed by atoms with Gasteiger partial charge in [0.05, 0.1) is 22.6 Å². The number of fused-ring (bicyclic) bond motifs is 1. The molecular weight excluding hydrogens is 410 g/mol. The van der Waals surface area contributed by atoms with Gasteiger partial charge in [-0.1, -0.05) is 50.9 Å². The number of halogens is 1. The molecule has 2 aromatic carbocycles. The lowest BCUT2D eigenvalue weighted by atomic mass is 10.1. The Balaban J connectivity index is 2.26. The summed E-state index contributed by atoms with van der Waals surface area (Å²) in [6.45, 7) is 6.81. The summed E-state index contributed by atoms with van der Waals surface area (Å²) >= 11 is 6.09. The van der Waals surface area contributed by atoms with Crippen LogP contribution in [0.4, 0.5) is 0 Å². The number of hydrogen-bond acceptors (Lipinski definition) is 3. The van der Waals surface area contributed by atoms with Gasteiger partial charge in [-0.3, -0.25) is 14.2 Å². The number of carbonyl (C=O) groups excluding carboxylic acids is 1. The molecule has 6 heteroatoms. The molecule has 0 bridgehead atoms. The van der Waals surface area contributed by atoms with Crippen LogP contribution < -0.4 is 5.56 Å². The monoisotopic (exact) mass is 439 g/mol. The third-order valence-electron chi connectivity index (χ3n) is 5.48. The summed E-state index contributed by atoms with van der Waals surface area (Å²) in [7, 11) is 0. The fourth-order valence-corrected chi connectivity index (χ4v) is 4.02. The lowest BCUT2D eigenvalue weighted by Crippen LogP contribution is -2.39. The molecule has 0 saturated carbocycles. The summed E-state index contributed by atoms with van der Waals surface area (Å²) in [4.78, 5) is 33.5. The highest BCUT2D eigenvalue weighted by Gasteiger charge is 2.28. The van der Waals surface area contributed by atoms with E-state index < -0.39 is 0 Å². The predicted molar refractivity (Wildman–Crippen MR) is 127 cm³/mol. The number of benzene rings is 2. The van der Waals surface area contributed by atoms with Gasteiger partial charge in [0, 0.05) is 18.0 Å². The predicted octanol–water partition coefficient (Wildman–Crippen LogP) is 5.92. The van der Waals surface area contributed by atoms with Crippen molar-refractivity contribution >= 4 is 28.4 Å². The third kappa shape index (κ3) is 4.99. The summed E-state index contributed by atoms with van der Waals surface area (Å²) in [5.74, 6) is 0.696. The zero-order valence-electron chi connectivity index (χ0n) is 18.5. The van der Waals surface area contributed by atoms with Crippen molar-refractivity contribution in [3.63, 3.8) is 0 Å². The van der Waals surface area contributed by atoms with Crippen molar-refractivity contribution in [1.29, 1.82) is 0 Å². The van der Waals surface area contributed by atoms with Gasteiger partial charge in [0.25, 0.3) is 5.56 Å². The van der Waals surface area contributed by atoms with Crippen molar-refractivity contribution in [2.75, 3.05) is 6.54 Å². The highest BCUT2D eigenvalue weighted by molar-refractivity contribution is 6.30. The van der Waals surface area contributed by atoms with Crippen LogP contribution in [0.15, 0.2) is 53.3 Å². The van der Waals surface area contributed by atoms with E-state index in [1.807, 2.05) is 49.1 Å². The Labute approximate surface area is 188 Å². The van der Waals surface area contributed by atoms with E-state index >= 15 is 0 Å². The van der Waals surface area contributed by atoms with Crippen molar-refractivity contribution in [2.45, 2.75) is 58.9 Å². The molecule has 0 radical (unpaired) electrons. The summed E-state index contributed by atoms with van der Waals surface area (Å²) < 4.78 is 1.64. The minimum Gasteiger partial charge on any atom is -0.333 e. The zero-order valence-corrected chi connectivity index (χ0v) is 19.2. The summed E-state index contributed by atoms with van der Waals surface area (Å²) in [6.07, 6.45) is 3.83. The summed E-state index contributed by atoms with van der Waals surface area (Å²) in [6, 6.07) is 14.2. The maximum Gasteiger partial charge on any atom is 0.266 e. The van der Waals surface area contributed by atoms with E-state index in [9.17, 15) is 9.59 Å². The number of carbonyl (C=O) groups is 1. The highest BCUT2D eigenvalue weighted by atomic mass is 35.5. The number of hydrogen-bond donors (Lipinski definition) is 0. The molecule has 5 nitrogen and oxygen atoms in total. The van der Waals surface area contributed by atoms with E-state index in [2.05, 4.69) is 6.92 Å². The van der Waals surface area contributed by atoms with Crippen molar-refractivity contribution in [1.82, 2.24) is 14.5 Å². The van der Waals surface area contributed by atoms with Gasteiger partial charge in [0.15, 0.2) is 0 Å². The first-order valence-corrected chi connectivity index (χ1v) is 11.5. The lowest BCUT2D eigenvalue weighted by molar-refractivity contribution is -0.134. The van der Waals surface area contributed by atoms with Crippen LogP contribution in [0.3, 0.4) is 0 Å². The standard InChI is InChI=1S/C25H30ClN3O2/c1-4-7-17-28(23(30)10-5-2)22(6-3)24-27-21-12-9-8-11-20(21)25(31)29(24)19-15-13-18(26)14-16-19/h8-9,11-16,22H,4-7,10,17H2,1-3H3. The van der Waals surface area contributed by atoms with Crippen LogP contribution in [0.2, 0.25) is 5.02 Å². The zero-order chi connectivity index (χ0) is 22.4. The van der Waals surface area contributed by atoms with Crippen LogP contribution in [-0.2, 0) is 4.79 Å². The molecular formula is C25H30ClN3O2. The smallest absolute Gasteiger partial charge is 0.266 e. The van der Waals surface area contributed by atoms with Gasteiger partial charge in [-0.2, -0.15) is 0 Å². The van der Waals surface area contributed by atoms with Gasteiger partial charge in [-0.25, -0.2) is 4.98 Å². The molecule has 1 atom stereocenters. The second-order valence-electron chi connectivity index (χ2n) is 7.72. The number of amides is 1. The maximum atomic E-state index is 13.6. The van der Waals surface area contributed by atoms with Crippen LogP contribution in [-0.4, -0.2) is 26.9 Å². The molecule has 0 spiro atoms. The average molecular weight is 440 g/mol. The molecule has 1 heterocycles. The molecule has 0 N–H and O–H groups in total. The van der Waals surface area contributed by atoms with E-state index in [1.165, 1.54) is 0 Å². The molecule has 0 aliphatic carbocycles. The first-order valence-electron chi connectivity index (χ1n) is 11.1. The normalized spacial score (nSPS) is 12.1. The molecule has 3 aromatic rings. The Hall–Kier alpha value is -2.66. The van der Waals surface area contributed by atoms with Crippen LogP contribution in [0.5, 0.6) is 0 Å². The molecule has 0 aliphatic rings. The van der Waals surface area contributed by atoms with E-state index in [0.717, 1.165) is 19.3 Å². The topological polar surface area (TPSA) is 55.2 Å². The number of nitrogens with zero attached hydrogens (tertiary/aromatic N) is 3. The lowest BCUT2D eigenvalue weighted by Gasteiger charge is -2.32. The van der Waals surface area contributed by atoms with Crippen molar-refractivity contribution in [3.8, 4) is 5.69 Å². The maximum absolute atomic E-state index is 13.6. The number of para-hydroxylation sites is 1. The van der Waals surface area contributed by atoms with Crippen molar-refractivity contribution in [3.05, 3.63) is 69.7 Å². The Morgan fingerprint density at radius 1 is 1.06 bits per heavy atom. The highest BCUT2D eigenvalue weighted by Crippen LogP contribution is 2.27. The molecule has 1 aromatic heterocycles. The number of aromatic nitrogens is 2. The molecule has 164 valence electrons. The Morgan fingerprint density at radius 2 is 1.77 bits per heavy atom. The fourth-order valence-electron chi connectivity index (χ4n) is 3.90. The number of unbranched alkanes of at least 4 members (excludes halogenated alkanes) is 1. The van der Waals surface area contributed by atoms with E-state index in [1.54, 1.807) is 22.8 Å². The molecule has 3 rings (SSSR count). The third-order valence-corrected chi connectivity index (χ3v) is 5.74. The van der Waals surface area contributed by atoms with Crippen LogP contribution in [0.1, 0.15) is 64.7 Å². The Bertz CT molecular complexity index is 1090. The van der Waals surface area contributed by atoms with Crippen molar-refractivity contribution in [2.24, 2.45) is 0 Å². The van der Waals surface area contributed by atoms with Gasteiger partial charge in [0.1, 0.15) is 5.82 Å². The second-order valence-corrected chi connectivity index (χ2v) is 8.16. The van der Waals surface area contributed by atoms with Gasteiger partial charge < -0.3 is 4.90 Å². The van der Waals surface area contributed by atoms with E-state index in [0.29, 0.717) is 46.8 Å². The van der Waals surface area contributed by atoms with Crippen LogP contribution >= 0.6 is 11.6 Å². The second kappa shape index (κ2) is 10.6. The number of rotatable bonds is 9. The van der Waals surface area contributed by atoms with E-state index in [4.69, 9.17) is 16.6 Å². The molecule has 0 saturated heterocycles. The van der Waals surface area contributed by atoms with Crippen LogP contribution in [0, 0.1) is 0 Å². The quantitative estimate of drug-likeness (QED) is 0.416. The molecule has 0 aliphatic heterocycles. The fraction of sp³-hybridized carbons (Fsp3) is 0.400. The van der Waals surface area contributed by atoms with Gasteiger partial charge in [-0.05, 0) is 55.7 Å². The first-order chi connectivity index (χ1) is 15.0.